The zero-order valence-corrected chi connectivity index (χ0v) is 12.7. The van der Waals surface area contributed by atoms with Gasteiger partial charge in [0, 0.05) is 18.6 Å². The second-order valence-electron chi connectivity index (χ2n) is 5.58. The minimum absolute atomic E-state index is 0.610. The second-order valence-corrected chi connectivity index (χ2v) is 6.53. The minimum atomic E-state index is 0.610. The van der Waals surface area contributed by atoms with Crippen LogP contribution < -0.4 is 0 Å². The van der Waals surface area contributed by atoms with Crippen molar-refractivity contribution in [3.8, 4) is 10.7 Å². The number of aromatic nitrogens is 4. The van der Waals surface area contributed by atoms with Crippen LogP contribution in [0.25, 0.3) is 10.7 Å². The molecule has 0 atom stereocenters. The van der Waals surface area contributed by atoms with Crippen molar-refractivity contribution >= 4 is 11.3 Å². The van der Waals surface area contributed by atoms with Crippen LogP contribution in [0.15, 0.2) is 42.2 Å². The van der Waals surface area contributed by atoms with Crippen LogP contribution in [-0.4, -0.2) is 19.3 Å². The number of hydrogen-bond donors (Lipinski definition) is 0. The Morgan fingerprint density at radius 2 is 2.10 bits per heavy atom. The SMILES string of the molecule is c1csc(-c2nccn2Cc2ccn(C3CCCC3)n2)c1. The van der Waals surface area contributed by atoms with E-state index in [1.54, 1.807) is 11.3 Å². The fraction of sp³-hybridized carbons (Fsp3) is 0.375. The van der Waals surface area contributed by atoms with E-state index in [2.05, 4.69) is 44.0 Å². The molecule has 3 heterocycles. The van der Waals surface area contributed by atoms with Gasteiger partial charge in [-0.3, -0.25) is 4.68 Å². The molecule has 0 aliphatic heterocycles. The normalized spacial score (nSPS) is 15.8. The van der Waals surface area contributed by atoms with Crippen molar-refractivity contribution in [2.24, 2.45) is 0 Å². The molecule has 1 aliphatic carbocycles. The van der Waals surface area contributed by atoms with E-state index in [0.717, 1.165) is 18.1 Å². The number of hydrogen-bond acceptors (Lipinski definition) is 3. The van der Waals surface area contributed by atoms with Crippen LogP contribution in [0.2, 0.25) is 0 Å². The van der Waals surface area contributed by atoms with Crippen LogP contribution in [0.1, 0.15) is 37.4 Å². The summed E-state index contributed by atoms with van der Waals surface area (Å²) in [6.07, 6.45) is 11.2. The van der Waals surface area contributed by atoms with E-state index in [-0.39, 0.29) is 0 Å². The summed E-state index contributed by atoms with van der Waals surface area (Å²) < 4.78 is 4.33. The average Bonchev–Trinajstić information content (AvgIpc) is 3.28. The molecule has 3 aromatic heterocycles. The number of nitrogens with zero attached hydrogens (tertiary/aromatic N) is 4. The van der Waals surface area contributed by atoms with Crippen molar-refractivity contribution in [1.82, 2.24) is 19.3 Å². The van der Waals surface area contributed by atoms with E-state index in [9.17, 15) is 0 Å². The lowest BCUT2D eigenvalue weighted by molar-refractivity contribution is 0.461. The largest absolute Gasteiger partial charge is 0.324 e. The van der Waals surface area contributed by atoms with Crippen molar-refractivity contribution < 1.29 is 0 Å². The quantitative estimate of drug-likeness (QED) is 0.730. The molecule has 21 heavy (non-hydrogen) atoms. The highest BCUT2D eigenvalue weighted by Gasteiger charge is 2.17. The summed E-state index contributed by atoms with van der Waals surface area (Å²) in [7, 11) is 0. The lowest BCUT2D eigenvalue weighted by Crippen LogP contribution is -2.07. The van der Waals surface area contributed by atoms with E-state index >= 15 is 0 Å². The molecular weight excluding hydrogens is 280 g/mol. The monoisotopic (exact) mass is 298 g/mol. The maximum absolute atomic E-state index is 4.76. The van der Waals surface area contributed by atoms with Crippen LogP contribution in [0, 0.1) is 0 Å². The first-order valence-electron chi connectivity index (χ1n) is 7.49. The summed E-state index contributed by atoms with van der Waals surface area (Å²) in [5, 5.41) is 6.85. The fourth-order valence-corrected chi connectivity index (χ4v) is 3.81. The predicted octanol–water partition coefficient (Wildman–Crippen LogP) is 3.97. The number of rotatable bonds is 4. The van der Waals surface area contributed by atoms with Gasteiger partial charge >= 0.3 is 0 Å². The molecule has 0 unspecified atom stereocenters. The molecule has 0 radical (unpaired) electrons. The van der Waals surface area contributed by atoms with Gasteiger partial charge in [0.2, 0.25) is 0 Å². The Morgan fingerprint density at radius 1 is 1.19 bits per heavy atom. The van der Waals surface area contributed by atoms with E-state index < -0.39 is 0 Å². The molecular formula is C16H18N4S. The van der Waals surface area contributed by atoms with Crippen molar-refractivity contribution in [1.29, 1.82) is 0 Å². The number of thiophene rings is 1. The molecule has 0 spiro atoms. The molecule has 108 valence electrons. The fourth-order valence-electron chi connectivity index (χ4n) is 3.08. The van der Waals surface area contributed by atoms with E-state index in [4.69, 9.17) is 5.10 Å². The Balaban J connectivity index is 1.55. The zero-order valence-electron chi connectivity index (χ0n) is 11.9. The van der Waals surface area contributed by atoms with Crippen molar-refractivity contribution in [3.05, 3.63) is 47.9 Å². The topological polar surface area (TPSA) is 35.6 Å². The molecule has 1 aliphatic rings. The van der Waals surface area contributed by atoms with Gasteiger partial charge in [0.15, 0.2) is 0 Å². The Bertz CT molecular complexity index is 704. The summed E-state index contributed by atoms with van der Waals surface area (Å²) in [4.78, 5) is 5.68. The molecule has 0 aromatic carbocycles. The molecule has 4 nitrogen and oxygen atoms in total. The van der Waals surface area contributed by atoms with Crippen LogP contribution in [0.5, 0.6) is 0 Å². The van der Waals surface area contributed by atoms with Gasteiger partial charge in [0.05, 0.1) is 23.2 Å². The van der Waals surface area contributed by atoms with Crippen LogP contribution in [0.4, 0.5) is 0 Å². The van der Waals surface area contributed by atoms with Crippen LogP contribution in [0.3, 0.4) is 0 Å². The molecule has 0 saturated heterocycles. The highest BCUT2D eigenvalue weighted by atomic mass is 32.1. The van der Waals surface area contributed by atoms with Crippen LogP contribution >= 0.6 is 11.3 Å². The standard InChI is InChI=1S/C16H18N4S/c1-2-5-14(4-1)20-9-7-13(18-20)12-19-10-8-17-16(19)15-6-3-11-21-15/h3,6-11,14H,1-2,4-5,12H2. The lowest BCUT2D eigenvalue weighted by Gasteiger charge is -2.09. The van der Waals surface area contributed by atoms with Gasteiger partial charge in [0.1, 0.15) is 5.82 Å². The molecule has 0 amide bonds. The summed E-state index contributed by atoms with van der Waals surface area (Å²) in [6, 6.07) is 6.92. The third kappa shape index (κ3) is 2.53. The zero-order chi connectivity index (χ0) is 14.1. The van der Waals surface area contributed by atoms with E-state index in [1.165, 1.54) is 30.6 Å². The molecule has 1 fully saturated rings. The average molecular weight is 298 g/mol. The molecule has 5 heteroatoms. The first-order valence-corrected chi connectivity index (χ1v) is 8.37. The Morgan fingerprint density at radius 3 is 2.90 bits per heavy atom. The summed E-state index contributed by atoms with van der Waals surface area (Å²) in [6.45, 7) is 0.785. The van der Waals surface area contributed by atoms with E-state index in [0.29, 0.717) is 6.04 Å². The first kappa shape index (κ1) is 12.8. The molecule has 0 N–H and O–H groups in total. The third-order valence-corrected chi connectivity index (χ3v) is 5.02. The minimum Gasteiger partial charge on any atom is -0.324 e. The molecule has 0 bridgehead atoms. The predicted molar refractivity (Wildman–Crippen MR) is 84.4 cm³/mol. The molecule has 3 aromatic rings. The maximum Gasteiger partial charge on any atom is 0.150 e. The van der Waals surface area contributed by atoms with Crippen molar-refractivity contribution in [2.75, 3.05) is 0 Å². The first-order chi connectivity index (χ1) is 10.4. The summed E-state index contributed by atoms with van der Waals surface area (Å²) in [5.41, 5.74) is 1.11. The highest BCUT2D eigenvalue weighted by Crippen LogP contribution is 2.29. The van der Waals surface area contributed by atoms with Gasteiger partial charge < -0.3 is 4.57 Å². The lowest BCUT2D eigenvalue weighted by atomic mass is 10.3. The Hall–Kier alpha value is -1.88. The van der Waals surface area contributed by atoms with Gasteiger partial charge in [-0.1, -0.05) is 18.9 Å². The van der Waals surface area contributed by atoms with Gasteiger partial charge in [-0.25, -0.2) is 4.98 Å². The van der Waals surface area contributed by atoms with Gasteiger partial charge in [-0.15, -0.1) is 11.3 Å². The summed E-state index contributed by atoms with van der Waals surface area (Å²) >= 11 is 1.72. The maximum atomic E-state index is 4.76. The van der Waals surface area contributed by atoms with Gasteiger partial charge in [-0.05, 0) is 30.4 Å². The van der Waals surface area contributed by atoms with Gasteiger partial charge in [0.25, 0.3) is 0 Å². The van der Waals surface area contributed by atoms with Crippen molar-refractivity contribution in [2.45, 2.75) is 38.3 Å². The van der Waals surface area contributed by atoms with Crippen LogP contribution in [-0.2, 0) is 6.54 Å². The van der Waals surface area contributed by atoms with E-state index in [1.807, 2.05) is 12.4 Å². The molecule has 4 rings (SSSR count). The number of imidazole rings is 1. The van der Waals surface area contributed by atoms with Crippen molar-refractivity contribution in [3.63, 3.8) is 0 Å². The summed E-state index contributed by atoms with van der Waals surface area (Å²) in [5.74, 6) is 1.03. The Labute approximate surface area is 128 Å². The van der Waals surface area contributed by atoms with Gasteiger partial charge in [-0.2, -0.15) is 5.10 Å². The Kier molecular flexibility index (Phi) is 3.35. The highest BCUT2D eigenvalue weighted by molar-refractivity contribution is 7.13. The third-order valence-electron chi connectivity index (χ3n) is 4.15. The second kappa shape index (κ2) is 5.48. The smallest absolute Gasteiger partial charge is 0.150 e. The molecule has 1 saturated carbocycles.